The molecule has 0 aromatic heterocycles. The molecule has 0 bridgehead atoms. The first kappa shape index (κ1) is 18.4. The van der Waals surface area contributed by atoms with E-state index < -0.39 is 0 Å². The van der Waals surface area contributed by atoms with Gasteiger partial charge in [0.2, 0.25) is 0 Å². The summed E-state index contributed by atoms with van der Waals surface area (Å²) in [5.74, 6) is 1.71. The third kappa shape index (κ3) is 4.79. The zero-order chi connectivity index (χ0) is 18.4. The van der Waals surface area contributed by atoms with Crippen molar-refractivity contribution in [3.05, 3.63) is 47.5 Å². The number of nitrogens with one attached hydrogen (secondary N) is 1. The molecule has 25 heavy (non-hydrogen) atoms. The molecule has 0 amide bonds. The topological polar surface area (TPSA) is 72.1 Å². The Morgan fingerprint density at radius 3 is 2.48 bits per heavy atom. The standard InChI is InChI=1S/C19H26N4O2/c1-13-10-15(23(2)3)7-6-14(13)12-21-19(20)22-17-11-16(24-4)8-9-18(17)25-5/h6-11H,12H2,1-5H3,(H3,20,21,22). The average molecular weight is 342 g/mol. The zero-order valence-corrected chi connectivity index (χ0v) is 15.5. The Morgan fingerprint density at radius 1 is 1.12 bits per heavy atom. The predicted octanol–water partition coefficient (Wildman–Crippen LogP) is 3.01. The first-order valence-corrected chi connectivity index (χ1v) is 8.00. The van der Waals surface area contributed by atoms with E-state index >= 15 is 0 Å². The van der Waals surface area contributed by atoms with Gasteiger partial charge in [0.15, 0.2) is 5.96 Å². The van der Waals surface area contributed by atoms with Gasteiger partial charge in [-0.05, 0) is 42.3 Å². The molecular weight excluding hydrogens is 316 g/mol. The molecule has 0 saturated carbocycles. The number of anilines is 2. The van der Waals surface area contributed by atoms with Crippen molar-refractivity contribution in [2.24, 2.45) is 10.7 Å². The summed E-state index contributed by atoms with van der Waals surface area (Å²) in [5.41, 5.74) is 10.2. The minimum atomic E-state index is 0.322. The van der Waals surface area contributed by atoms with Crippen LogP contribution in [0.25, 0.3) is 0 Å². The first-order valence-electron chi connectivity index (χ1n) is 8.00. The number of methoxy groups -OCH3 is 2. The minimum Gasteiger partial charge on any atom is -0.497 e. The Balaban J connectivity index is 2.12. The molecule has 0 aliphatic carbocycles. The number of rotatable bonds is 6. The number of ether oxygens (including phenoxy) is 2. The highest BCUT2D eigenvalue weighted by Crippen LogP contribution is 2.28. The molecule has 0 unspecified atom stereocenters. The van der Waals surface area contributed by atoms with Gasteiger partial charge in [0.1, 0.15) is 11.5 Å². The Bertz CT molecular complexity index is 757. The minimum absolute atomic E-state index is 0.322. The van der Waals surface area contributed by atoms with Crippen molar-refractivity contribution in [1.29, 1.82) is 0 Å². The maximum absolute atomic E-state index is 6.03. The molecular formula is C19H26N4O2. The monoisotopic (exact) mass is 342 g/mol. The number of aryl methyl sites for hydroxylation is 1. The van der Waals surface area contributed by atoms with Crippen LogP contribution in [0.3, 0.4) is 0 Å². The van der Waals surface area contributed by atoms with Gasteiger partial charge in [0, 0.05) is 25.8 Å². The van der Waals surface area contributed by atoms with Gasteiger partial charge in [-0.3, -0.25) is 0 Å². The van der Waals surface area contributed by atoms with Crippen molar-refractivity contribution in [1.82, 2.24) is 0 Å². The van der Waals surface area contributed by atoms with Crippen molar-refractivity contribution in [2.75, 3.05) is 38.5 Å². The molecule has 0 fully saturated rings. The van der Waals surface area contributed by atoms with Crippen LogP contribution in [0.15, 0.2) is 41.4 Å². The Hall–Kier alpha value is -2.89. The first-order chi connectivity index (χ1) is 11.9. The normalized spacial score (nSPS) is 11.2. The molecule has 6 nitrogen and oxygen atoms in total. The van der Waals surface area contributed by atoms with Crippen LogP contribution in [0, 0.1) is 6.92 Å². The molecule has 0 heterocycles. The summed E-state index contributed by atoms with van der Waals surface area (Å²) < 4.78 is 10.6. The van der Waals surface area contributed by atoms with E-state index in [4.69, 9.17) is 15.2 Å². The van der Waals surface area contributed by atoms with Gasteiger partial charge >= 0.3 is 0 Å². The van der Waals surface area contributed by atoms with E-state index in [0.29, 0.717) is 29.7 Å². The van der Waals surface area contributed by atoms with Gasteiger partial charge in [-0.25, -0.2) is 4.99 Å². The van der Waals surface area contributed by atoms with Crippen molar-refractivity contribution < 1.29 is 9.47 Å². The lowest BCUT2D eigenvalue weighted by Gasteiger charge is -2.15. The third-order valence-corrected chi connectivity index (χ3v) is 3.93. The lowest BCUT2D eigenvalue weighted by Crippen LogP contribution is -2.23. The molecule has 0 radical (unpaired) electrons. The Labute approximate surface area is 149 Å². The van der Waals surface area contributed by atoms with Gasteiger partial charge in [-0.2, -0.15) is 0 Å². The van der Waals surface area contributed by atoms with Crippen LogP contribution in [0.1, 0.15) is 11.1 Å². The summed E-state index contributed by atoms with van der Waals surface area (Å²) in [6, 6.07) is 11.8. The van der Waals surface area contributed by atoms with Crippen molar-refractivity contribution in [3.8, 4) is 11.5 Å². The average Bonchev–Trinajstić information content (AvgIpc) is 2.60. The molecule has 0 atom stereocenters. The molecule has 0 aliphatic rings. The second-order valence-electron chi connectivity index (χ2n) is 5.90. The highest BCUT2D eigenvalue weighted by molar-refractivity contribution is 5.94. The predicted molar refractivity (Wildman–Crippen MR) is 104 cm³/mol. The third-order valence-electron chi connectivity index (χ3n) is 3.93. The van der Waals surface area contributed by atoms with E-state index in [1.54, 1.807) is 14.2 Å². The fourth-order valence-corrected chi connectivity index (χ4v) is 2.40. The van der Waals surface area contributed by atoms with Crippen LogP contribution in [-0.2, 0) is 6.54 Å². The quantitative estimate of drug-likeness (QED) is 0.624. The highest BCUT2D eigenvalue weighted by atomic mass is 16.5. The van der Waals surface area contributed by atoms with Crippen LogP contribution < -0.4 is 25.4 Å². The largest absolute Gasteiger partial charge is 0.497 e. The second kappa shape index (κ2) is 8.28. The van der Waals surface area contributed by atoms with Crippen LogP contribution in [0.2, 0.25) is 0 Å². The molecule has 2 aromatic rings. The van der Waals surface area contributed by atoms with Crippen LogP contribution in [0.5, 0.6) is 11.5 Å². The molecule has 0 saturated heterocycles. The number of nitrogens with two attached hydrogens (primary N) is 1. The van der Waals surface area contributed by atoms with Crippen molar-refractivity contribution in [3.63, 3.8) is 0 Å². The zero-order valence-electron chi connectivity index (χ0n) is 15.5. The van der Waals surface area contributed by atoms with Crippen LogP contribution in [-0.4, -0.2) is 34.3 Å². The molecule has 3 N–H and O–H groups in total. The van der Waals surface area contributed by atoms with Crippen molar-refractivity contribution in [2.45, 2.75) is 13.5 Å². The lowest BCUT2D eigenvalue weighted by atomic mass is 10.1. The molecule has 2 aromatic carbocycles. The summed E-state index contributed by atoms with van der Waals surface area (Å²) in [6.07, 6.45) is 0. The lowest BCUT2D eigenvalue weighted by molar-refractivity contribution is 0.405. The van der Waals surface area contributed by atoms with Gasteiger partial charge in [0.05, 0.1) is 26.5 Å². The van der Waals surface area contributed by atoms with Gasteiger partial charge < -0.3 is 25.4 Å². The number of hydrogen-bond donors (Lipinski definition) is 2. The number of nitrogens with zero attached hydrogens (tertiary/aromatic N) is 2. The summed E-state index contributed by atoms with van der Waals surface area (Å²) in [6.45, 7) is 2.58. The fraction of sp³-hybridized carbons (Fsp3) is 0.316. The molecule has 6 heteroatoms. The van der Waals surface area contributed by atoms with E-state index in [2.05, 4.69) is 40.3 Å². The smallest absolute Gasteiger partial charge is 0.193 e. The number of aliphatic imine (C=N–C) groups is 1. The Kier molecular flexibility index (Phi) is 6.11. The molecule has 0 aliphatic heterocycles. The van der Waals surface area contributed by atoms with E-state index in [1.165, 1.54) is 5.56 Å². The highest BCUT2D eigenvalue weighted by Gasteiger charge is 2.07. The van der Waals surface area contributed by atoms with Gasteiger partial charge in [-0.1, -0.05) is 6.07 Å². The van der Waals surface area contributed by atoms with Gasteiger partial charge in [-0.15, -0.1) is 0 Å². The maximum atomic E-state index is 6.03. The number of benzene rings is 2. The van der Waals surface area contributed by atoms with E-state index in [1.807, 2.05) is 32.3 Å². The van der Waals surface area contributed by atoms with Crippen LogP contribution >= 0.6 is 0 Å². The van der Waals surface area contributed by atoms with Gasteiger partial charge in [0.25, 0.3) is 0 Å². The number of hydrogen-bond acceptors (Lipinski definition) is 4. The summed E-state index contributed by atoms with van der Waals surface area (Å²) in [7, 11) is 7.27. The van der Waals surface area contributed by atoms with Crippen LogP contribution in [0.4, 0.5) is 11.4 Å². The molecule has 134 valence electrons. The SMILES string of the molecule is COc1ccc(OC)c(NC(N)=NCc2ccc(N(C)C)cc2C)c1. The molecule has 2 rings (SSSR count). The van der Waals surface area contributed by atoms with E-state index in [0.717, 1.165) is 11.3 Å². The summed E-state index contributed by atoms with van der Waals surface area (Å²) in [4.78, 5) is 6.50. The number of guanidine groups is 1. The summed E-state index contributed by atoms with van der Waals surface area (Å²) >= 11 is 0. The fourth-order valence-electron chi connectivity index (χ4n) is 2.40. The van der Waals surface area contributed by atoms with Crippen molar-refractivity contribution >= 4 is 17.3 Å². The molecule has 0 spiro atoms. The Morgan fingerprint density at radius 2 is 1.88 bits per heavy atom. The maximum Gasteiger partial charge on any atom is 0.193 e. The van der Waals surface area contributed by atoms with E-state index in [-0.39, 0.29) is 0 Å². The van der Waals surface area contributed by atoms with E-state index in [9.17, 15) is 0 Å². The summed E-state index contributed by atoms with van der Waals surface area (Å²) in [5, 5.41) is 3.07. The second-order valence-corrected chi connectivity index (χ2v) is 5.90.